The molecule has 4 rings (SSSR count). The summed E-state index contributed by atoms with van der Waals surface area (Å²) in [4.78, 5) is 26.7. The fraction of sp³-hybridized carbons (Fsp3) is 0.429. The molecular formula is C21H22NO4-. The molecule has 0 radical (unpaired) electrons. The van der Waals surface area contributed by atoms with Crippen LogP contribution in [0.4, 0.5) is 0 Å². The highest BCUT2D eigenvalue weighted by Crippen LogP contribution is 2.55. The lowest BCUT2D eigenvalue weighted by Crippen LogP contribution is -2.46. The molecule has 0 N–H and O–H groups in total. The third-order valence-corrected chi connectivity index (χ3v) is 5.83. The second-order valence-electron chi connectivity index (χ2n) is 7.56. The van der Waals surface area contributed by atoms with Crippen LogP contribution in [0, 0.1) is 11.8 Å². The summed E-state index contributed by atoms with van der Waals surface area (Å²) in [5, 5.41) is 11.7. The highest BCUT2D eigenvalue weighted by atomic mass is 16.5. The van der Waals surface area contributed by atoms with Gasteiger partial charge in [0.2, 0.25) is 5.91 Å². The predicted molar refractivity (Wildman–Crippen MR) is 93.8 cm³/mol. The van der Waals surface area contributed by atoms with E-state index >= 15 is 0 Å². The molecule has 1 amide bonds. The minimum absolute atomic E-state index is 0.145. The molecule has 5 nitrogen and oxygen atoms in total. The molecule has 2 bridgehead atoms. The van der Waals surface area contributed by atoms with Gasteiger partial charge in [0.25, 0.3) is 0 Å². The van der Waals surface area contributed by atoms with Gasteiger partial charge >= 0.3 is 0 Å². The van der Waals surface area contributed by atoms with Crippen LogP contribution < -0.4 is 5.11 Å². The van der Waals surface area contributed by atoms with Crippen molar-refractivity contribution in [3.05, 3.63) is 60.2 Å². The smallest absolute Gasteiger partial charge is 0.230 e. The van der Waals surface area contributed by atoms with Crippen LogP contribution in [0.3, 0.4) is 0 Å². The van der Waals surface area contributed by atoms with Crippen LogP contribution in [0.15, 0.2) is 54.6 Å². The highest BCUT2D eigenvalue weighted by molar-refractivity contribution is 5.91. The van der Waals surface area contributed by atoms with Gasteiger partial charge in [0.1, 0.15) is 5.60 Å². The standard InChI is InChI=1S/C21H23NO4/c1-13(2)12-16-21-10-8-15(26-21)17(20(24)25)18(21)19(23)22(16)11-9-14-6-4-3-5-7-14/h3-8,10,15-18H,1,9,11-12H2,2H3,(H,24,25)/p-1/t15-,16+,17+,18+,21-/m1/s1. The first-order chi connectivity index (χ1) is 12.4. The maximum absolute atomic E-state index is 13.2. The van der Waals surface area contributed by atoms with E-state index in [1.54, 1.807) is 11.0 Å². The number of fused-ring (bicyclic) bond motifs is 1. The van der Waals surface area contributed by atoms with Crippen LogP contribution >= 0.6 is 0 Å². The Bertz CT molecular complexity index is 786. The fourth-order valence-corrected chi connectivity index (χ4v) is 4.75. The van der Waals surface area contributed by atoms with Crippen LogP contribution in [-0.2, 0) is 20.7 Å². The van der Waals surface area contributed by atoms with Crippen molar-refractivity contribution >= 4 is 11.9 Å². The molecule has 3 aliphatic heterocycles. The number of carbonyl (C=O) groups is 2. The number of hydrogen-bond donors (Lipinski definition) is 0. The first-order valence-corrected chi connectivity index (χ1v) is 9.01. The Morgan fingerprint density at radius 1 is 1.35 bits per heavy atom. The van der Waals surface area contributed by atoms with Crippen molar-refractivity contribution < 1.29 is 19.4 Å². The molecule has 0 aliphatic carbocycles. The molecule has 0 unspecified atom stereocenters. The zero-order chi connectivity index (χ0) is 18.5. The Morgan fingerprint density at radius 3 is 2.73 bits per heavy atom. The number of aliphatic carboxylic acids is 1. The minimum atomic E-state index is -1.21. The van der Waals surface area contributed by atoms with Crippen LogP contribution in [0.25, 0.3) is 0 Å². The van der Waals surface area contributed by atoms with E-state index in [1.807, 2.05) is 43.3 Å². The Balaban J connectivity index is 1.65. The highest BCUT2D eigenvalue weighted by Gasteiger charge is 2.69. The van der Waals surface area contributed by atoms with Crippen LogP contribution in [-0.4, -0.2) is 41.1 Å². The van der Waals surface area contributed by atoms with Crippen molar-refractivity contribution in [2.24, 2.45) is 11.8 Å². The number of nitrogens with zero attached hydrogens (tertiary/aromatic N) is 1. The van der Waals surface area contributed by atoms with E-state index in [2.05, 4.69) is 6.58 Å². The first-order valence-electron chi connectivity index (χ1n) is 9.01. The number of ether oxygens (including phenoxy) is 1. The lowest BCUT2D eigenvalue weighted by Gasteiger charge is -2.33. The van der Waals surface area contributed by atoms with E-state index in [-0.39, 0.29) is 11.9 Å². The van der Waals surface area contributed by atoms with E-state index in [9.17, 15) is 14.7 Å². The number of benzene rings is 1. The molecule has 3 aliphatic rings. The summed E-state index contributed by atoms with van der Waals surface area (Å²) >= 11 is 0. The van der Waals surface area contributed by atoms with Crippen molar-refractivity contribution in [2.45, 2.75) is 37.5 Å². The van der Waals surface area contributed by atoms with Gasteiger partial charge in [0, 0.05) is 18.4 Å². The zero-order valence-electron chi connectivity index (χ0n) is 14.8. The molecule has 3 heterocycles. The zero-order valence-corrected chi connectivity index (χ0v) is 14.8. The Hall–Kier alpha value is -2.40. The Morgan fingerprint density at radius 2 is 2.08 bits per heavy atom. The lowest BCUT2D eigenvalue weighted by molar-refractivity contribution is -0.313. The van der Waals surface area contributed by atoms with Gasteiger partial charge in [0.05, 0.1) is 18.1 Å². The van der Waals surface area contributed by atoms with E-state index in [0.29, 0.717) is 19.4 Å². The van der Waals surface area contributed by atoms with Crippen LogP contribution in [0.5, 0.6) is 0 Å². The monoisotopic (exact) mass is 352 g/mol. The summed E-state index contributed by atoms with van der Waals surface area (Å²) in [6.07, 6.45) is 4.41. The van der Waals surface area contributed by atoms with E-state index in [4.69, 9.17) is 4.74 Å². The van der Waals surface area contributed by atoms with Crippen molar-refractivity contribution in [1.29, 1.82) is 0 Å². The van der Waals surface area contributed by atoms with Crippen molar-refractivity contribution in [3.8, 4) is 0 Å². The van der Waals surface area contributed by atoms with Gasteiger partial charge in [0.15, 0.2) is 0 Å². The lowest BCUT2D eigenvalue weighted by atomic mass is 9.74. The van der Waals surface area contributed by atoms with Crippen molar-refractivity contribution in [3.63, 3.8) is 0 Å². The van der Waals surface area contributed by atoms with Crippen LogP contribution in [0.2, 0.25) is 0 Å². The van der Waals surface area contributed by atoms with Gasteiger partial charge in [-0.25, -0.2) is 0 Å². The predicted octanol–water partition coefficient (Wildman–Crippen LogP) is 1.10. The number of likely N-dealkylation sites (tertiary alicyclic amines) is 1. The van der Waals surface area contributed by atoms with Gasteiger partial charge < -0.3 is 19.5 Å². The summed E-state index contributed by atoms with van der Waals surface area (Å²) in [6, 6.07) is 9.73. The normalized spacial score (nSPS) is 34.3. The fourth-order valence-electron chi connectivity index (χ4n) is 4.75. The Kier molecular flexibility index (Phi) is 3.99. The minimum Gasteiger partial charge on any atom is -0.550 e. The van der Waals surface area contributed by atoms with Crippen molar-refractivity contribution in [1.82, 2.24) is 4.90 Å². The first kappa shape index (κ1) is 17.0. The second kappa shape index (κ2) is 6.09. The molecule has 2 saturated heterocycles. The summed E-state index contributed by atoms with van der Waals surface area (Å²) < 4.78 is 6.09. The third kappa shape index (κ3) is 2.42. The Labute approximate surface area is 152 Å². The molecule has 5 heteroatoms. The molecule has 26 heavy (non-hydrogen) atoms. The molecule has 0 aromatic heterocycles. The topological polar surface area (TPSA) is 69.7 Å². The number of carboxylic acid groups (broad SMARTS) is 1. The quantitative estimate of drug-likeness (QED) is 0.719. The van der Waals surface area contributed by atoms with Gasteiger partial charge in [-0.15, -0.1) is 6.58 Å². The van der Waals surface area contributed by atoms with Gasteiger partial charge in [-0.05, 0) is 25.3 Å². The summed E-state index contributed by atoms with van der Waals surface area (Å²) in [5.41, 5.74) is 1.21. The molecule has 1 aromatic carbocycles. The summed E-state index contributed by atoms with van der Waals surface area (Å²) in [7, 11) is 0. The molecule has 136 valence electrons. The molecule has 1 spiro atoms. The molecule has 0 saturated carbocycles. The molecule has 1 aromatic rings. The summed E-state index contributed by atoms with van der Waals surface area (Å²) in [6.45, 7) is 6.45. The van der Waals surface area contributed by atoms with Crippen molar-refractivity contribution in [2.75, 3.05) is 6.54 Å². The molecular weight excluding hydrogens is 330 g/mol. The average molecular weight is 352 g/mol. The molecule has 2 fully saturated rings. The number of carboxylic acids is 1. The second-order valence-corrected chi connectivity index (χ2v) is 7.56. The van der Waals surface area contributed by atoms with E-state index in [1.165, 1.54) is 0 Å². The van der Waals surface area contributed by atoms with Gasteiger partial charge in [-0.2, -0.15) is 0 Å². The number of hydrogen-bond acceptors (Lipinski definition) is 4. The number of rotatable bonds is 6. The van der Waals surface area contributed by atoms with E-state index in [0.717, 1.165) is 11.1 Å². The third-order valence-electron chi connectivity index (χ3n) is 5.83. The maximum atomic E-state index is 13.2. The van der Waals surface area contributed by atoms with E-state index < -0.39 is 29.5 Å². The summed E-state index contributed by atoms with van der Waals surface area (Å²) in [5.74, 6) is -2.98. The number of carbonyl (C=O) groups excluding carboxylic acids is 2. The van der Waals surface area contributed by atoms with Crippen LogP contribution in [0.1, 0.15) is 18.9 Å². The molecule has 5 atom stereocenters. The number of amides is 1. The van der Waals surface area contributed by atoms with Gasteiger partial charge in [-0.1, -0.05) is 48.1 Å². The maximum Gasteiger partial charge on any atom is 0.230 e. The SMILES string of the molecule is C=C(C)C[C@@H]1N(CCc2ccccc2)C(=O)[C@@H]2[C@@H](C(=O)[O-])[C@H]3C=C[C@]21O3. The largest absolute Gasteiger partial charge is 0.550 e. The average Bonchev–Trinajstić information content (AvgIpc) is 3.24. The van der Waals surface area contributed by atoms with Gasteiger partial charge in [-0.3, -0.25) is 4.79 Å².